The van der Waals surface area contributed by atoms with E-state index in [1.165, 1.54) is 0 Å². The van der Waals surface area contributed by atoms with Gasteiger partial charge in [0.1, 0.15) is 5.82 Å². The molecule has 5 heteroatoms. The van der Waals surface area contributed by atoms with Crippen molar-refractivity contribution in [3.05, 3.63) is 11.8 Å². The molecule has 1 aromatic heterocycles. The number of rotatable bonds is 4. The van der Waals surface area contributed by atoms with Gasteiger partial charge in [-0.05, 0) is 13.3 Å². The monoisotopic (exact) mass is 222 g/mol. The van der Waals surface area contributed by atoms with Gasteiger partial charge in [0.15, 0.2) is 0 Å². The largest absolute Gasteiger partial charge is 0.381 e. The molecule has 5 nitrogen and oxygen atoms in total. The Balaban J connectivity index is 1.96. The van der Waals surface area contributed by atoms with E-state index in [1.807, 2.05) is 20.2 Å². The quantitative estimate of drug-likeness (QED) is 0.803. The summed E-state index contributed by atoms with van der Waals surface area (Å²) in [5, 5.41) is 6.29. The van der Waals surface area contributed by atoms with E-state index in [9.17, 15) is 0 Å². The van der Waals surface area contributed by atoms with Crippen LogP contribution in [0, 0.1) is 12.8 Å². The minimum absolute atomic E-state index is 0.604. The number of nitrogens with zero attached hydrogens (tertiary/aromatic N) is 2. The third-order valence-electron chi connectivity index (χ3n) is 2.78. The smallest absolute Gasteiger partial charge is 0.224 e. The van der Waals surface area contributed by atoms with Gasteiger partial charge in [0.25, 0.3) is 0 Å². The summed E-state index contributed by atoms with van der Waals surface area (Å²) in [5.41, 5.74) is 1.07. The van der Waals surface area contributed by atoms with E-state index in [1.54, 1.807) is 0 Å². The predicted molar refractivity (Wildman–Crippen MR) is 63.7 cm³/mol. The summed E-state index contributed by atoms with van der Waals surface area (Å²) in [6, 6.07) is 0. The van der Waals surface area contributed by atoms with Crippen molar-refractivity contribution in [1.29, 1.82) is 0 Å². The van der Waals surface area contributed by atoms with E-state index in [2.05, 4.69) is 20.6 Å². The predicted octanol–water partition coefficient (Wildman–Crippen LogP) is 1.28. The van der Waals surface area contributed by atoms with Gasteiger partial charge < -0.3 is 15.4 Å². The van der Waals surface area contributed by atoms with Gasteiger partial charge in [-0.2, -0.15) is 4.98 Å². The Labute approximate surface area is 95.6 Å². The molecule has 1 fully saturated rings. The van der Waals surface area contributed by atoms with Crippen molar-refractivity contribution in [3.8, 4) is 0 Å². The fourth-order valence-electron chi connectivity index (χ4n) is 1.73. The molecule has 2 N–H and O–H groups in total. The zero-order chi connectivity index (χ0) is 11.4. The molecular weight excluding hydrogens is 204 g/mol. The molecule has 0 amide bonds. The molecule has 1 aromatic rings. The van der Waals surface area contributed by atoms with E-state index in [4.69, 9.17) is 4.74 Å². The molecule has 2 heterocycles. The average Bonchev–Trinajstić information content (AvgIpc) is 2.81. The van der Waals surface area contributed by atoms with E-state index in [-0.39, 0.29) is 0 Å². The van der Waals surface area contributed by atoms with E-state index < -0.39 is 0 Å². The highest BCUT2D eigenvalue weighted by atomic mass is 16.5. The first-order valence-electron chi connectivity index (χ1n) is 5.62. The van der Waals surface area contributed by atoms with Gasteiger partial charge in [0.2, 0.25) is 5.95 Å². The van der Waals surface area contributed by atoms with Crippen LogP contribution in [0.4, 0.5) is 11.8 Å². The summed E-state index contributed by atoms with van der Waals surface area (Å²) in [6.07, 6.45) is 2.96. The second-order valence-electron chi connectivity index (χ2n) is 4.09. The van der Waals surface area contributed by atoms with Gasteiger partial charge in [0, 0.05) is 37.9 Å². The van der Waals surface area contributed by atoms with Crippen LogP contribution in [-0.4, -0.2) is 36.8 Å². The maximum Gasteiger partial charge on any atom is 0.224 e. The zero-order valence-corrected chi connectivity index (χ0v) is 9.79. The highest BCUT2D eigenvalue weighted by molar-refractivity contribution is 5.46. The first-order valence-corrected chi connectivity index (χ1v) is 5.62. The number of nitrogens with one attached hydrogen (secondary N) is 2. The first kappa shape index (κ1) is 11.1. The standard InChI is InChI=1S/C11H18N4O/c1-8-5-14-11(12-2)15-10(8)13-6-9-3-4-16-7-9/h5,9H,3-4,6-7H2,1-2H3,(H2,12,13,14,15). The maximum absolute atomic E-state index is 5.34. The summed E-state index contributed by atoms with van der Waals surface area (Å²) in [4.78, 5) is 8.53. The molecule has 2 rings (SSSR count). The Hall–Kier alpha value is -1.36. The molecule has 1 unspecified atom stereocenters. The number of anilines is 2. The van der Waals surface area contributed by atoms with Crippen LogP contribution in [0.3, 0.4) is 0 Å². The molecule has 88 valence electrons. The molecule has 1 saturated heterocycles. The fourth-order valence-corrected chi connectivity index (χ4v) is 1.73. The highest BCUT2D eigenvalue weighted by Crippen LogP contribution is 2.16. The topological polar surface area (TPSA) is 59.1 Å². The van der Waals surface area contributed by atoms with Crippen molar-refractivity contribution in [1.82, 2.24) is 9.97 Å². The number of aryl methyl sites for hydroxylation is 1. The number of hydrogen-bond acceptors (Lipinski definition) is 5. The van der Waals surface area contributed by atoms with Crippen LogP contribution in [0.2, 0.25) is 0 Å². The van der Waals surface area contributed by atoms with Crippen LogP contribution in [0.15, 0.2) is 6.20 Å². The molecule has 1 atom stereocenters. The Morgan fingerprint density at radius 1 is 1.56 bits per heavy atom. The fraction of sp³-hybridized carbons (Fsp3) is 0.636. The van der Waals surface area contributed by atoms with Crippen LogP contribution in [-0.2, 0) is 4.74 Å². The van der Waals surface area contributed by atoms with Gasteiger partial charge in [-0.15, -0.1) is 0 Å². The van der Waals surface area contributed by atoms with Crippen LogP contribution >= 0.6 is 0 Å². The second kappa shape index (κ2) is 5.12. The number of aromatic nitrogens is 2. The Morgan fingerprint density at radius 3 is 3.12 bits per heavy atom. The summed E-state index contributed by atoms with van der Waals surface area (Å²) in [7, 11) is 1.82. The molecule has 0 aliphatic carbocycles. The lowest BCUT2D eigenvalue weighted by Gasteiger charge is -2.12. The lowest BCUT2D eigenvalue weighted by molar-refractivity contribution is 0.187. The minimum Gasteiger partial charge on any atom is -0.381 e. The first-order chi connectivity index (χ1) is 7.79. The van der Waals surface area contributed by atoms with Crippen LogP contribution in [0.1, 0.15) is 12.0 Å². The minimum atomic E-state index is 0.604. The SMILES string of the molecule is CNc1ncc(C)c(NCC2CCOC2)n1. The Bertz CT molecular complexity index is 350. The van der Waals surface area contributed by atoms with E-state index >= 15 is 0 Å². The Kier molecular flexibility index (Phi) is 3.56. The summed E-state index contributed by atoms with van der Waals surface area (Å²) in [6.45, 7) is 4.67. The van der Waals surface area contributed by atoms with Crippen LogP contribution in [0.25, 0.3) is 0 Å². The molecule has 0 radical (unpaired) electrons. The lowest BCUT2D eigenvalue weighted by Crippen LogP contribution is -2.16. The van der Waals surface area contributed by atoms with Crippen molar-refractivity contribution in [2.45, 2.75) is 13.3 Å². The van der Waals surface area contributed by atoms with Crippen molar-refractivity contribution in [2.75, 3.05) is 37.4 Å². The lowest BCUT2D eigenvalue weighted by atomic mass is 10.1. The second-order valence-corrected chi connectivity index (χ2v) is 4.09. The molecule has 1 aliphatic rings. The Morgan fingerprint density at radius 2 is 2.44 bits per heavy atom. The summed E-state index contributed by atoms with van der Waals surface area (Å²) < 4.78 is 5.34. The van der Waals surface area contributed by atoms with Gasteiger partial charge >= 0.3 is 0 Å². The third kappa shape index (κ3) is 2.61. The van der Waals surface area contributed by atoms with Crippen molar-refractivity contribution < 1.29 is 4.74 Å². The molecule has 0 saturated carbocycles. The molecule has 0 aromatic carbocycles. The normalized spacial score (nSPS) is 19.8. The molecule has 16 heavy (non-hydrogen) atoms. The third-order valence-corrected chi connectivity index (χ3v) is 2.78. The van der Waals surface area contributed by atoms with Gasteiger partial charge in [-0.1, -0.05) is 0 Å². The average molecular weight is 222 g/mol. The van der Waals surface area contributed by atoms with Crippen molar-refractivity contribution in [2.24, 2.45) is 5.92 Å². The molecule has 0 spiro atoms. The summed E-state index contributed by atoms with van der Waals surface area (Å²) in [5.74, 6) is 2.16. The van der Waals surface area contributed by atoms with Crippen molar-refractivity contribution in [3.63, 3.8) is 0 Å². The molecular formula is C11H18N4O. The highest BCUT2D eigenvalue weighted by Gasteiger charge is 2.15. The van der Waals surface area contributed by atoms with Gasteiger partial charge in [-0.3, -0.25) is 0 Å². The zero-order valence-electron chi connectivity index (χ0n) is 9.79. The van der Waals surface area contributed by atoms with Crippen LogP contribution in [0.5, 0.6) is 0 Å². The molecule has 0 bridgehead atoms. The van der Waals surface area contributed by atoms with E-state index in [0.29, 0.717) is 11.9 Å². The number of ether oxygens (including phenoxy) is 1. The maximum atomic E-state index is 5.34. The summed E-state index contributed by atoms with van der Waals surface area (Å²) >= 11 is 0. The van der Waals surface area contributed by atoms with E-state index in [0.717, 1.165) is 37.6 Å². The van der Waals surface area contributed by atoms with Gasteiger partial charge in [0.05, 0.1) is 6.61 Å². The number of hydrogen-bond donors (Lipinski definition) is 2. The van der Waals surface area contributed by atoms with Gasteiger partial charge in [-0.25, -0.2) is 4.98 Å². The van der Waals surface area contributed by atoms with Crippen molar-refractivity contribution >= 4 is 11.8 Å². The molecule has 1 aliphatic heterocycles. The van der Waals surface area contributed by atoms with Crippen LogP contribution < -0.4 is 10.6 Å².